The number of benzene rings is 2. The van der Waals surface area contributed by atoms with Crippen LogP contribution in [0.5, 0.6) is 5.75 Å². The van der Waals surface area contributed by atoms with Gasteiger partial charge < -0.3 is 15.2 Å². The summed E-state index contributed by atoms with van der Waals surface area (Å²) in [6, 6.07) is 19.6. The molecular weight excluding hydrogens is 276 g/mol. The molecule has 0 heterocycles. The van der Waals surface area contributed by atoms with Crippen LogP contribution < -0.4 is 15.8 Å². The molecule has 4 nitrogen and oxygen atoms in total. The number of nitrogens with two attached hydrogens (primary N) is 1. The molecule has 0 amide bonds. The SMILES string of the molecule is NC(Oc1ccccc1)C(O)CCCNCc1ccccc1. The normalized spacial score (nSPS) is 13.5. The number of hydrogen-bond donors (Lipinski definition) is 3. The second-order valence-corrected chi connectivity index (χ2v) is 5.27. The largest absolute Gasteiger partial charge is 0.473 e. The third-order valence-corrected chi connectivity index (χ3v) is 3.42. The van der Waals surface area contributed by atoms with E-state index in [1.807, 2.05) is 48.5 Å². The number of nitrogens with one attached hydrogen (secondary N) is 1. The van der Waals surface area contributed by atoms with Gasteiger partial charge in [0.25, 0.3) is 0 Å². The third-order valence-electron chi connectivity index (χ3n) is 3.42. The van der Waals surface area contributed by atoms with Gasteiger partial charge in [-0.3, -0.25) is 5.73 Å². The topological polar surface area (TPSA) is 67.5 Å². The molecule has 0 saturated heterocycles. The lowest BCUT2D eigenvalue weighted by molar-refractivity contribution is 0.0335. The first-order valence-corrected chi connectivity index (χ1v) is 7.65. The van der Waals surface area contributed by atoms with Crippen LogP contribution in [0, 0.1) is 0 Å². The van der Waals surface area contributed by atoms with Crippen LogP contribution >= 0.6 is 0 Å². The quantitative estimate of drug-likeness (QED) is 0.491. The number of ether oxygens (including phenoxy) is 1. The Hall–Kier alpha value is -1.88. The molecule has 0 aromatic heterocycles. The van der Waals surface area contributed by atoms with E-state index < -0.39 is 12.3 Å². The highest BCUT2D eigenvalue weighted by atomic mass is 16.5. The molecule has 2 aromatic carbocycles. The summed E-state index contributed by atoms with van der Waals surface area (Å²) in [6.45, 7) is 1.67. The average Bonchev–Trinajstić information content (AvgIpc) is 2.56. The number of para-hydroxylation sites is 1. The number of aliphatic hydroxyl groups is 1. The van der Waals surface area contributed by atoms with Crippen LogP contribution in [-0.4, -0.2) is 24.0 Å². The lowest BCUT2D eigenvalue weighted by atomic mass is 10.1. The van der Waals surface area contributed by atoms with Gasteiger partial charge in [-0.15, -0.1) is 0 Å². The van der Waals surface area contributed by atoms with Crippen molar-refractivity contribution >= 4 is 0 Å². The minimum atomic E-state index is -0.698. The first kappa shape index (κ1) is 16.5. The van der Waals surface area contributed by atoms with Gasteiger partial charge in [-0.05, 0) is 37.1 Å². The van der Waals surface area contributed by atoms with Crippen molar-refractivity contribution in [3.05, 3.63) is 66.2 Å². The Morgan fingerprint density at radius 1 is 1.00 bits per heavy atom. The van der Waals surface area contributed by atoms with Gasteiger partial charge in [-0.1, -0.05) is 48.5 Å². The van der Waals surface area contributed by atoms with Crippen LogP contribution in [0.25, 0.3) is 0 Å². The number of rotatable bonds is 9. The van der Waals surface area contributed by atoms with Gasteiger partial charge in [0.15, 0.2) is 6.23 Å². The first-order valence-electron chi connectivity index (χ1n) is 7.65. The molecule has 4 heteroatoms. The Kier molecular flexibility index (Phi) is 6.90. The Balaban J connectivity index is 1.60. The summed E-state index contributed by atoms with van der Waals surface area (Å²) in [7, 11) is 0. The van der Waals surface area contributed by atoms with Crippen LogP contribution in [0.15, 0.2) is 60.7 Å². The van der Waals surface area contributed by atoms with Crippen molar-refractivity contribution in [2.45, 2.75) is 31.7 Å². The van der Waals surface area contributed by atoms with E-state index in [4.69, 9.17) is 10.5 Å². The molecule has 2 unspecified atom stereocenters. The van der Waals surface area contributed by atoms with Crippen LogP contribution in [0.2, 0.25) is 0 Å². The van der Waals surface area contributed by atoms with Crippen molar-refractivity contribution < 1.29 is 9.84 Å². The minimum Gasteiger partial charge on any atom is -0.473 e. The lowest BCUT2D eigenvalue weighted by Gasteiger charge is -2.20. The zero-order chi connectivity index (χ0) is 15.6. The Morgan fingerprint density at radius 3 is 2.32 bits per heavy atom. The van der Waals surface area contributed by atoms with E-state index in [2.05, 4.69) is 17.4 Å². The number of aliphatic hydroxyl groups excluding tert-OH is 1. The molecule has 22 heavy (non-hydrogen) atoms. The smallest absolute Gasteiger partial charge is 0.173 e. The van der Waals surface area contributed by atoms with Gasteiger partial charge in [-0.2, -0.15) is 0 Å². The molecule has 0 spiro atoms. The molecular formula is C18H24N2O2. The molecule has 0 aliphatic carbocycles. The summed E-state index contributed by atoms with van der Waals surface area (Å²) < 4.78 is 5.51. The van der Waals surface area contributed by atoms with E-state index in [0.29, 0.717) is 12.2 Å². The third kappa shape index (κ3) is 5.85. The monoisotopic (exact) mass is 300 g/mol. The fraction of sp³-hybridized carbons (Fsp3) is 0.333. The fourth-order valence-corrected chi connectivity index (χ4v) is 2.16. The average molecular weight is 300 g/mol. The molecule has 0 saturated carbocycles. The molecule has 0 aliphatic rings. The summed E-state index contributed by atoms with van der Waals surface area (Å²) in [4.78, 5) is 0. The molecule has 0 radical (unpaired) electrons. The summed E-state index contributed by atoms with van der Waals surface area (Å²) in [5, 5.41) is 13.4. The Labute approximate surface area is 131 Å². The highest BCUT2D eigenvalue weighted by Crippen LogP contribution is 2.12. The van der Waals surface area contributed by atoms with Crippen molar-refractivity contribution in [1.82, 2.24) is 5.32 Å². The molecule has 0 aliphatic heterocycles. The summed E-state index contributed by atoms with van der Waals surface area (Å²) in [6.07, 6.45) is 0.0885. The van der Waals surface area contributed by atoms with E-state index in [-0.39, 0.29) is 0 Å². The highest BCUT2D eigenvalue weighted by Gasteiger charge is 2.15. The van der Waals surface area contributed by atoms with E-state index in [1.165, 1.54) is 5.56 Å². The van der Waals surface area contributed by atoms with Gasteiger partial charge in [0.05, 0.1) is 0 Å². The van der Waals surface area contributed by atoms with Crippen molar-refractivity contribution in [3.8, 4) is 5.75 Å². The van der Waals surface area contributed by atoms with Crippen molar-refractivity contribution in [3.63, 3.8) is 0 Å². The van der Waals surface area contributed by atoms with Gasteiger partial charge in [0.1, 0.15) is 11.9 Å². The van der Waals surface area contributed by atoms with Crippen LogP contribution in [0.1, 0.15) is 18.4 Å². The van der Waals surface area contributed by atoms with Crippen LogP contribution in [0.4, 0.5) is 0 Å². The first-order chi connectivity index (χ1) is 10.8. The maximum absolute atomic E-state index is 10.0. The minimum absolute atomic E-state index is 0.607. The Morgan fingerprint density at radius 2 is 1.64 bits per heavy atom. The van der Waals surface area contributed by atoms with Crippen LogP contribution in [0.3, 0.4) is 0 Å². The maximum atomic E-state index is 10.0. The molecule has 2 rings (SSSR count). The van der Waals surface area contributed by atoms with Crippen molar-refractivity contribution in [2.24, 2.45) is 5.73 Å². The molecule has 2 atom stereocenters. The maximum Gasteiger partial charge on any atom is 0.173 e. The number of hydrogen-bond acceptors (Lipinski definition) is 4. The lowest BCUT2D eigenvalue weighted by Crippen LogP contribution is -2.40. The van der Waals surface area contributed by atoms with Crippen molar-refractivity contribution in [2.75, 3.05) is 6.54 Å². The predicted octanol–water partition coefficient (Wildman–Crippen LogP) is 2.28. The van der Waals surface area contributed by atoms with E-state index in [1.54, 1.807) is 0 Å². The Bertz CT molecular complexity index is 519. The molecule has 4 N–H and O–H groups in total. The molecule has 2 aromatic rings. The summed E-state index contributed by atoms with van der Waals surface area (Å²) in [5.74, 6) is 0.677. The van der Waals surface area contributed by atoms with Gasteiger partial charge in [0, 0.05) is 6.54 Å². The van der Waals surface area contributed by atoms with Crippen LogP contribution in [-0.2, 0) is 6.54 Å². The molecule has 0 bridgehead atoms. The van der Waals surface area contributed by atoms with E-state index >= 15 is 0 Å². The highest BCUT2D eigenvalue weighted by molar-refractivity contribution is 5.21. The zero-order valence-electron chi connectivity index (χ0n) is 12.7. The van der Waals surface area contributed by atoms with Crippen molar-refractivity contribution in [1.29, 1.82) is 0 Å². The molecule has 0 fully saturated rings. The zero-order valence-corrected chi connectivity index (χ0v) is 12.7. The predicted molar refractivity (Wildman–Crippen MR) is 88.4 cm³/mol. The van der Waals surface area contributed by atoms with Gasteiger partial charge >= 0.3 is 0 Å². The standard InChI is InChI=1S/C18H24N2O2/c19-18(22-16-10-5-2-6-11-16)17(21)12-7-13-20-14-15-8-3-1-4-9-15/h1-6,8-11,17-18,20-21H,7,12-14,19H2. The van der Waals surface area contributed by atoms with E-state index in [9.17, 15) is 5.11 Å². The summed E-state index contributed by atoms with van der Waals surface area (Å²) in [5.41, 5.74) is 7.12. The fourth-order valence-electron chi connectivity index (χ4n) is 2.16. The molecule has 118 valence electrons. The summed E-state index contributed by atoms with van der Waals surface area (Å²) >= 11 is 0. The van der Waals surface area contributed by atoms with E-state index in [0.717, 1.165) is 19.5 Å². The van der Waals surface area contributed by atoms with Gasteiger partial charge in [-0.25, -0.2) is 0 Å². The second kappa shape index (κ2) is 9.20. The van der Waals surface area contributed by atoms with Gasteiger partial charge in [0.2, 0.25) is 0 Å². The second-order valence-electron chi connectivity index (χ2n) is 5.27.